The van der Waals surface area contributed by atoms with E-state index in [2.05, 4.69) is 0 Å². The molecule has 0 spiro atoms. The summed E-state index contributed by atoms with van der Waals surface area (Å²) in [5, 5.41) is 10.7. The van der Waals surface area contributed by atoms with Crippen LogP contribution in [0.4, 0.5) is 0 Å². The first-order valence-corrected chi connectivity index (χ1v) is 6.66. The fourth-order valence-corrected chi connectivity index (χ4v) is 2.16. The Morgan fingerprint density at radius 1 is 1.16 bits per heavy atom. The zero-order valence-corrected chi connectivity index (χ0v) is 11.6. The minimum atomic E-state index is -0.599. The zero-order chi connectivity index (χ0) is 13.7. The van der Waals surface area contributed by atoms with E-state index < -0.39 is 6.10 Å². The van der Waals surface area contributed by atoms with Gasteiger partial charge in [-0.25, -0.2) is 0 Å². The molecule has 0 aliphatic rings. The van der Waals surface area contributed by atoms with E-state index in [1.165, 1.54) is 0 Å². The highest BCUT2D eigenvalue weighted by Gasteiger charge is 2.10. The average molecular weight is 277 g/mol. The Morgan fingerprint density at radius 3 is 2.68 bits per heavy atom. The van der Waals surface area contributed by atoms with Crippen molar-refractivity contribution in [3.05, 3.63) is 64.7 Å². The van der Waals surface area contributed by atoms with Crippen LogP contribution in [0.2, 0.25) is 5.02 Å². The molecule has 0 heterocycles. The Morgan fingerprint density at radius 2 is 1.95 bits per heavy atom. The van der Waals surface area contributed by atoms with Crippen molar-refractivity contribution in [3.63, 3.8) is 0 Å². The van der Waals surface area contributed by atoms with Gasteiger partial charge in [0.2, 0.25) is 0 Å². The number of benzene rings is 2. The summed E-state index contributed by atoms with van der Waals surface area (Å²) in [4.78, 5) is 0. The van der Waals surface area contributed by atoms with Crippen molar-refractivity contribution >= 4 is 11.6 Å². The summed E-state index contributed by atoms with van der Waals surface area (Å²) in [6.07, 6.45) is -0.0870. The number of aliphatic hydroxyl groups excluding tert-OH is 1. The standard InChI is InChI=1S/C16H17ClO2/c1-12-5-4-6-13(11-12)19-10-9-16(18)14-7-2-3-8-15(14)17/h2-8,11,16,18H,9-10H2,1H3. The van der Waals surface area contributed by atoms with Crippen LogP contribution in [-0.4, -0.2) is 11.7 Å². The van der Waals surface area contributed by atoms with E-state index in [1.54, 1.807) is 6.07 Å². The molecule has 0 radical (unpaired) electrons. The minimum absolute atomic E-state index is 0.454. The van der Waals surface area contributed by atoms with Crippen LogP contribution >= 0.6 is 11.6 Å². The number of aryl methyl sites for hydroxylation is 1. The van der Waals surface area contributed by atoms with E-state index in [4.69, 9.17) is 16.3 Å². The van der Waals surface area contributed by atoms with E-state index in [0.29, 0.717) is 18.1 Å². The van der Waals surface area contributed by atoms with Crippen molar-refractivity contribution in [1.29, 1.82) is 0 Å². The predicted octanol–water partition coefficient (Wildman–Crippen LogP) is 4.15. The van der Waals surface area contributed by atoms with Crippen molar-refractivity contribution in [2.75, 3.05) is 6.61 Å². The van der Waals surface area contributed by atoms with Crippen LogP contribution in [0.1, 0.15) is 23.7 Å². The maximum absolute atomic E-state index is 10.1. The Bertz CT molecular complexity index is 540. The van der Waals surface area contributed by atoms with E-state index >= 15 is 0 Å². The lowest BCUT2D eigenvalue weighted by Crippen LogP contribution is -2.05. The lowest BCUT2D eigenvalue weighted by Gasteiger charge is -2.13. The predicted molar refractivity (Wildman–Crippen MR) is 77.7 cm³/mol. The molecule has 2 aromatic carbocycles. The SMILES string of the molecule is Cc1cccc(OCCC(O)c2ccccc2Cl)c1. The molecule has 100 valence electrons. The maximum Gasteiger partial charge on any atom is 0.119 e. The molecule has 2 rings (SSSR count). The van der Waals surface area contributed by atoms with E-state index in [1.807, 2.05) is 49.4 Å². The summed E-state index contributed by atoms with van der Waals surface area (Å²) in [5.74, 6) is 0.825. The fraction of sp³-hybridized carbons (Fsp3) is 0.250. The van der Waals surface area contributed by atoms with Crippen LogP contribution < -0.4 is 4.74 Å². The first kappa shape index (κ1) is 13.9. The third kappa shape index (κ3) is 3.98. The van der Waals surface area contributed by atoms with Crippen LogP contribution in [0.5, 0.6) is 5.75 Å². The van der Waals surface area contributed by atoms with Crippen LogP contribution in [-0.2, 0) is 0 Å². The quantitative estimate of drug-likeness (QED) is 0.889. The molecule has 19 heavy (non-hydrogen) atoms. The van der Waals surface area contributed by atoms with Crippen molar-refractivity contribution < 1.29 is 9.84 Å². The molecule has 0 aromatic heterocycles. The fourth-order valence-electron chi connectivity index (χ4n) is 1.89. The van der Waals surface area contributed by atoms with Gasteiger partial charge in [0, 0.05) is 11.4 Å². The number of rotatable bonds is 5. The van der Waals surface area contributed by atoms with Crippen molar-refractivity contribution in [1.82, 2.24) is 0 Å². The van der Waals surface area contributed by atoms with Gasteiger partial charge in [-0.15, -0.1) is 0 Å². The molecule has 0 saturated carbocycles. The first-order chi connectivity index (χ1) is 9.16. The average Bonchev–Trinajstić information content (AvgIpc) is 2.39. The lowest BCUT2D eigenvalue weighted by molar-refractivity contribution is 0.141. The molecule has 1 N–H and O–H groups in total. The van der Waals surface area contributed by atoms with Crippen LogP contribution in [0.15, 0.2) is 48.5 Å². The minimum Gasteiger partial charge on any atom is -0.493 e. The van der Waals surface area contributed by atoms with Crippen LogP contribution in [0.25, 0.3) is 0 Å². The molecule has 3 heteroatoms. The summed E-state index contributed by atoms with van der Waals surface area (Å²) >= 11 is 6.04. The summed E-state index contributed by atoms with van der Waals surface area (Å²) in [6.45, 7) is 2.47. The second kappa shape index (κ2) is 6.60. The Balaban J connectivity index is 1.88. The van der Waals surface area contributed by atoms with Crippen molar-refractivity contribution in [3.8, 4) is 5.75 Å². The number of hydrogen-bond acceptors (Lipinski definition) is 2. The number of halogens is 1. The molecule has 1 unspecified atom stereocenters. The van der Waals surface area contributed by atoms with Gasteiger partial charge in [0.05, 0.1) is 12.7 Å². The van der Waals surface area contributed by atoms with Gasteiger partial charge < -0.3 is 9.84 Å². The van der Waals surface area contributed by atoms with Crippen molar-refractivity contribution in [2.45, 2.75) is 19.4 Å². The molecule has 0 fully saturated rings. The number of hydrogen-bond donors (Lipinski definition) is 1. The molecule has 0 amide bonds. The maximum atomic E-state index is 10.1. The van der Waals surface area contributed by atoms with E-state index in [-0.39, 0.29) is 0 Å². The van der Waals surface area contributed by atoms with Gasteiger partial charge in [-0.1, -0.05) is 41.9 Å². The van der Waals surface area contributed by atoms with Crippen LogP contribution in [0, 0.1) is 6.92 Å². The number of ether oxygens (including phenoxy) is 1. The molecular formula is C16H17ClO2. The molecule has 2 nitrogen and oxygen atoms in total. The summed E-state index contributed by atoms with van der Waals surface area (Å²) in [6, 6.07) is 15.2. The third-order valence-corrected chi connectivity index (χ3v) is 3.26. The molecule has 0 bridgehead atoms. The largest absolute Gasteiger partial charge is 0.493 e. The lowest BCUT2D eigenvalue weighted by atomic mass is 10.1. The highest BCUT2D eigenvalue weighted by Crippen LogP contribution is 2.25. The first-order valence-electron chi connectivity index (χ1n) is 6.29. The smallest absolute Gasteiger partial charge is 0.119 e. The van der Waals surface area contributed by atoms with Gasteiger partial charge >= 0.3 is 0 Å². The Hall–Kier alpha value is -1.51. The van der Waals surface area contributed by atoms with Gasteiger partial charge in [-0.05, 0) is 36.2 Å². The summed E-state index contributed by atoms with van der Waals surface area (Å²) < 4.78 is 5.62. The number of aliphatic hydroxyl groups is 1. The zero-order valence-electron chi connectivity index (χ0n) is 10.8. The second-order valence-electron chi connectivity index (χ2n) is 4.49. The molecule has 2 aromatic rings. The molecular weight excluding hydrogens is 260 g/mol. The van der Waals surface area contributed by atoms with Crippen molar-refractivity contribution in [2.24, 2.45) is 0 Å². The Labute approximate surface area is 118 Å². The topological polar surface area (TPSA) is 29.5 Å². The van der Waals surface area contributed by atoms with Crippen LogP contribution in [0.3, 0.4) is 0 Å². The van der Waals surface area contributed by atoms with Gasteiger partial charge in [0.1, 0.15) is 5.75 Å². The van der Waals surface area contributed by atoms with Gasteiger partial charge in [0.15, 0.2) is 0 Å². The highest BCUT2D eigenvalue weighted by atomic mass is 35.5. The monoisotopic (exact) mass is 276 g/mol. The summed E-state index contributed by atoms with van der Waals surface area (Å²) in [5.41, 5.74) is 1.90. The van der Waals surface area contributed by atoms with Gasteiger partial charge in [0.25, 0.3) is 0 Å². The normalized spacial score (nSPS) is 12.2. The second-order valence-corrected chi connectivity index (χ2v) is 4.90. The van der Waals surface area contributed by atoms with E-state index in [9.17, 15) is 5.11 Å². The highest BCUT2D eigenvalue weighted by molar-refractivity contribution is 6.31. The molecule has 0 aliphatic carbocycles. The third-order valence-electron chi connectivity index (χ3n) is 2.91. The van der Waals surface area contributed by atoms with Gasteiger partial charge in [-0.3, -0.25) is 0 Å². The molecule has 0 aliphatic heterocycles. The Kier molecular flexibility index (Phi) is 4.83. The van der Waals surface area contributed by atoms with E-state index in [0.717, 1.165) is 16.9 Å². The molecule has 0 saturated heterocycles. The molecule has 1 atom stereocenters. The van der Waals surface area contributed by atoms with Gasteiger partial charge in [-0.2, -0.15) is 0 Å². The summed E-state index contributed by atoms with van der Waals surface area (Å²) in [7, 11) is 0.